The number of nitrogens with one attached hydrogen (secondary N) is 1. The molecule has 16 nitrogen and oxygen atoms in total. The molecule has 0 aliphatic heterocycles. The number of aliphatic hydroxyl groups is 1. The molecule has 0 heterocycles. The van der Waals surface area contributed by atoms with Crippen molar-refractivity contribution in [2.75, 3.05) is 35.2 Å². The Balaban J connectivity index is 6.86. The van der Waals surface area contributed by atoms with Crippen LogP contribution in [0.25, 0.3) is 0 Å². The lowest BCUT2D eigenvalue weighted by Crippen LogP contribution is -2.63. The highest BCUT2D eigenvalue weighted by molar-refractivity contribution is 6.01. The van der Waals surface area contributed by atoms with Crippen molar-refractivity contribution in [2.45, 2.75) is 151 Å². The standard InChI is InChI=1S/C43H77N7O9/c1-17-30(40(56)47(13)31(18-2)41(57)48(14)32(38(44)54)23-26(5)6)45-39(55)36(37(53)29(11)21-22-51)50(16)43(59)35(28(9)10)49(15)42(58)33(24-27(7)8)46(12)34(52)20-19-25(3)4/h18,22,25-30,32-33,35-37,53H,17,19-21,23-24H2,1-16H3,(H2,44,54)(H,45,55)/b31-18+/t29-,30+,32+,33+,35+,36+,37-/m1/s1. The van der Waals surface area contributed by atoms with Crippen LogP contribution < -0.4 is 11.1 Å². The molecule has 0 fully saturated rings. The molecule has 16 heteroatoms. The highest BCUT2D eigenvalue weighted by atomic mass is 16.3. The van der Waals surface area contributed by atoms with Crippen LogP contribution in [0.4, 0.5) is 0 Å². The minimum absolute atomic E-state index is 0.0317. The normalized spacial score (nSPS) is 15.4. The smallest absolute Gasteiger partial charge is 0.270 e. The largest absolute Gasteiger partial charge is 0.390 e. The fourth-order valence-corrected chi connectivity index (χ4v) is 7.05. The van der Waals surface area contributed by atoms with Gasteiger partial charge in [-0.15, -0.1) is 0 Å². The molecule has 0 bridgehead atoms. The van der Waals surface area contributed by atoms with Gasteiger partial charge in [0.25, 0.3) is 5.91 Å². The molecule has 0 rings (SSSR count). The average molecular weight is 836 g/mol. The fourth-order valence-electron chi connectivity index (χ4n) is 7.05. The number of likely N-dealkylation sites (N-methyl/N-ethyl adjacent to an activating group) is 5. The Hall–Kier alpha value is -4.34. The van der Waals surface area contributed by atoms with Gasteiger partial charge in [-0.1, -0.05) is 75.3 Å². The van der Waals surface area contributed by atoms with Gasteiger partial charge in [-0.2, -0.15) is 0 Å². The van der Waals surface area contributed by atoms with E-state index in [1.54, 1.807) is 41.7 Å². The Morgan fingerprint density at radius 1 is 0.695 bits per heavy atom. The van der Waals surface area contributed by atoms with Crippen molar-refractivity contribution in [1.82, 2.24) is 29.8 Å². The van der Waals surface area contributed by atoms with E-state index in [-0.39, 0.29) is 48.6 Å². The van der Waals surface area contributed by atoms with Crippen molar-refractivity contribution < 1.29 is 43.5 Å². The molecule has 7 atom stereocenters. The van der Waals surface area contributed by atoms with Crippen LogP contribution >= 0.6 is 0 Å². The summed E-state index contributed by atoms with van der Waals surface area (Å²) in [5.41, 5.74) is 5.55. The number of carbonyl (C=O) groups is 8. The SMILES string of the molecule is C/C=C(\C(=O)N(C)[C@@H](CC(C)C)C(N)=O)N(C)C(=O)[C@H](CC)NC(=O)[C@H]([C@H](O)[C@H](C)CC=O)N(C)C(=O)[C@H](C(C)C)N(C)C(=O)[C@H](CC(C)C)N(C)C(=O)CCC(C)C. The van der Waals surface area contributed by atoms with Crippen LogP contribution in [0.15, 0.2) is 11.8 Å². The monoisotopic (exact) mass is 836 g/mol. The maximum Gasteiger partial charge on any atom is 0.270 e. The van der Waals surface area contributed by atoms with E-state index in [0.29, 0.717) is 25.5 Å². The van der Waals surface area contributed by atoms with Crippen molar-refractivity contribution >= 4 is 47.6 Å². The Morgan fingerprint density at radius 3 is 1.63 bits per heavy atom. The van der Waals surface area contributed by atoms with E-state index >= 15 is 0 Å². The molecule has 0 aromatic heterocycles. The number of hydrogen-bond donors (Lipinski definition) is 3. The minimum atomic E-state index is -1.62. The van der Waals surface area contributed by atoms with Crippen molar-refractivity contribution in [2.24, 2.45) is 35.3 Å². The zero-order chi connectivity index (χ0) is 46.2. The number of nitrogens with zero attached hydrogens (tertiary/aromatic N) is 5. The molecule has 0 saturated carbocycles. The summed E-state index contributed by atoms with van der Waals surface area (Å²) < 4.78 is 0. The Kier molecular flexibility index (Phi) is 23.5. The van der Waals surface area contributed by atoms with Crippen molar-refractivity contribution in [3.05, 3.63) is 11.8 Å². The molecular weight excluding hydrogens is 759 g/mol. The lowest BCUT2D eigenvalue weighted by atomic mass is 9.92. The maximum atomic E-state index is 14.6. The summed E-state index contributed by atoms with van der Waals surface area (Å²) in [6.45, 7) is 19.9. The first-order valence-corrected chi connectivity index (χ1v) is 20.9. The predicted molar refractivity (Wildman–Crippen MR) is 228 cm³/mol. The molecule has 0 aliphatic rings. The molecule has 0 aromatic carbocycles. The van der Waals surface area contributed by atoms with Gasteiger partial charge >= 0.3 is 0 Å². The van der Waals surface area contributed by atoms with E-state index in [2.05, 4.69) is 5.32 Å². The summed E-state index contributed by atoms with van der Waals surface area (Å²) in [4.78, 5) is 114. The molecule has 4 N–H and O–H groups in total. The number of allylic oxidation sites excluding steroid dienone is 1. The molecule has 0 unspecified atom stereocenters. The number of aldehydes is 1. The van der Waals surface area contributed by atoms with Gasteiger partial charge < -0.3 is 45.5 Å². The zero-order valence-electron chi connectivity index (χ0n) is 38.8. The van der Waals surface area contributed by atoms with Gasteiger partial charge in [-0.05, 0) is 62.2 Å². The Labute approximate surface area is 353 Å². The number of carbonyl (C=O) groups excluding carboxylic acids is 8. The molecule has 338 valence electrons. The number of amides is 7. The van der Waals surface area contributed by atoms with Gasteiger partial charge in [0.15, 0.2) is 0 Å². The third kappa shape index (κ3) is 15.6. The predicted octanol–water partition coefficient (Wildman–Crippen LogP) is 2.81. The summed E-state index contributed by atoms with van der Waals surface area (Å²) in [6, 6.07) is -5.80. The molecule has 59 heavy (non-hydrogen) atoms. The number of aliphatic hydroxyl groups excluding tert-OH is 1. The Morgan fingerprint density at radius 2 is 1.20 bits per heavy atom. The lowest BCUT2D eigenvalue weighted by Gasteiger charge is -2.40. The van der Waals surface area contributed by atoms with Gasteiger partial charge in [-0.25, -0.2) is 0 Å². The maximum absolute atomic E-state index is 14.6. The number of hydrogen-bond acceptors (Lipinski definition) is 9. The highest BCUT2D eigenvalue weighted by Gasteiger charge is 2.44. The van der Waals surface area contributed by atoms with E-state index in [9.17, 15) is 43.5 Å². The van der Waals surface area contributed by atoms with Crippen LogP contribution in [0.3, 0.4) is 0 Å². The second kappa shape index (κ2) is 25.3. The minimum Gasteiger partial charge on any atom is -0.390 e. The number of primary amides is 1. The third-order valence-electron chi connectivity index (χ3n) is 10.9. The molecule has 7 amide bonds. The first-order valence-electron chi connectivity index (χ1n) is 20.9. The summed E-state index contributed by atoms with van der Waals surface area (Å²) in [7, 11) is 7.17. The average Bonchev–Trinajstić information content (AvgIpc) is 3.15. The van der Waals surface area contributed by atoms with Crippen molar-refractivity contribution in [1.29, 1.82) is 0 Å². The molecule has 0 spiro atoms. The van der Waals surface area contributed by atoms with Gasteiger partial charge in [0, 0.05) is 48.1 Å². The number of rotatable bonds is 25. The van der Waals surface area contributed by atoms with Gasteiger partial charge in [0.05, 0.1) is 6.10 Å². The van der Waals surface area contributed by atoms with E-state index < -0.39 is 83.6 Å². The second-order valence-corrected chi connectivity index (χ2v) is 17.5. The Bertz CT molecular complexity index is 1480. The molecule has 0 aliphatic carbocycles. The van der Waals surface area contributed by atoms with Gasteiger partial charge in [0.2, 0.25) is 35.4 Å². The van der Waals surface area contributed by atoms with Crippen LogP contribution in [0.2, 0.25) is 0 Å². The second-order valence-electron chi connectivity index (χ2n) is 17.5. The van der Waals surface area contributed by atoms with E-state index in [4.69, 9.17) is 5.73 Å². The van der Waals surface area contributed by atoms with Gasteiger partial charge in [-0.3, -0.25) is 33.6 Å². The summed E-state index contributed by atoms with van der Waals surface area (Å²) in [5, 5.41) is 14.3. The highest BCUT2D eigenvalue weighted by Crippen LogP contribution is 2.24. The summed E-state index contributed by atoms with van der Waals surface area (Å²) >= 11 is 0. The van der Waals surface area contributed by atoms with Crippen molar-refractivity contribution in [3.8, 4) is 0 Å². The van der Waals surface area contributed by atoms with Crippen molar-refractivity contribution in [3.63, 3.8) is 0 Å². The van der Waals surface area contributed by atoms with Crippen LogP contribution in [0, 0.1) is 29.6 Å². The first-order chi connectivity index (χ1) is 27.2. The quantitative estimate of drug-likeness (QED) is 0.0911. The lowest BCUT2D eigenvalue weighted by molar-refractivity contribution is -0.156. The fraction of sp³-hybridized carbons (Fsp3) is 0.767. The van der Waals surface area contributed by atoms with Crippen LogP contribution in [-0.2, 0) is 38.4 Å². The van der Waals surface area contributed by atoms with E-state index in [1.165, 1.54) is 49.0 Å². The van der Waals surface area contributed by atoms with E-state index in [0.717, 1.165) is 9.80 Å². The summed E-state index contributed by atoms with van der Waals surface area (Å²) in [5.74, 6) is -5.20. The van der Waals surface area contributed by atoms with E-state index in [1.807, 2.05) is 41.5 Å². The third-order valence-corrected chi connectivity index (χ3v) is 10.9. The zero-order valence-corrected chi connectivity index (χ0v) is 38.8. The van der Waals surface area contributed by atoms with Crippen LogP contribution in [-0.4, -0.2) is 149 Å². The van der Waals surface area contributed by atoms with Gasteiger partial charge in [0.1, 0.15) is 42.2 Å². The molecule has 0 radical (unpaired) electrons. The van der Waals surface area contributed by atoms with Crippen LogP contribution in [0.5, 0.6) is 0 Å². The topological polar surface area (TPSA) is 211 Å². The number of nitrogens with two attached hydrogens (primary N) is 1. The van der Waals surface area contributed by atoms with Crippen LogP contribution in [0.1, 0.15) is 115 Å². The summed E-state index contributed by atoms with van der Waals surface area (Å²) in [6.07, 6.45) is 1.87. The first kappa shape index (κ1) is 54.7. The molecule has 0 saturated heterocycles. The molecular formula is C43H77N7O9. The molecule has 0 aromatic rings.